The molecule has 0 spiro atoms. The lowest BCUT2D eigenvalue weighted by Crippen LogP contribution is -2.58. The number of aliphatic hydroxyl groups is 5. The van der Waals surface area contributed by atoms with Crippen molar-refractivity contribution in [1.29, 1.82) is 0 Å². The summed E-state index contributed by atoms with van der Waals surface area (Å²) in [5.41, 5.74) is 4.26. The Bertz CT molecular complexity index is 5470. The minimum absolute atomic E-state index is 0.00362. The number of benzene rings is 9. The van der Waals surface area contributed by atoms with E-state index in [-0.39, 0.29) is 35.1 Å². The maximum Gasteiger partial charge on any atom is 0.357 e. The molecule has 0 bridgehead atoms. The summed E-state index contributed by atoms with van der Waals surface area (Å²) < 4.78 is 86.6. The van der Waals surface area contributed by atoms with Crippen LogP contribution in [0.1, 0.15) is 108 Å². The van der Waals surface area contributed by atoms with Gasteiger partial charge in [0, 0.05) is 80.3 Å². The van der Waals surface area contributed by atoms with Crippen LogP contribution >= 0.6 is 15.9 Å². The normalized spacial score (nSPS) is 24.8. The van der Waals surface area contributed by atoms with Crippen LogP contribution in [0, 0.1) is 34.6 Å². The van der Waals surface area contributed by atoms with Crippen molar-refractivity contribution in [1.82, 2.24) is 0 Å². The number of oxime groups is 5. The molecule has 32 heteroatoms. The van der Waals surface area contributed by atoms with Gasteiger partial charge in [0.15, 0.2) is 49.2 Å². The molecule has 0 fully saturated rings. The van der Waals surface area contributed by atoms with Crippen molar-refractivity contribution in [3.05, 3.63) is 291 Å². The SMILES string of the molecule is CC(=O)C1=NOC(C)(O)C1[S@@](=O)c1ccc(C)cc1.CCOC(=O)C1=NOC(O)([C@@](C)(F)c2ccccc2)C1[S@@](=O)c1ccc(C)cc1.Cc1ccc([S@](=O)C2C(C(=O)c3ccc(Br)cc3)=NOC2(C)O)cc1.Cc1ccc([S@](=O)C2C(C(=O)c3ccccc3)=NOC2(C)O)cc1.Cc1ccc([S@](=O)C2C(c3ccccc3)=NOC2(C)O)cc1. The molecule has 0 aliphatic carbocycles. The van der Waals surface area contributed by atoms with Crippen molar-refractivity contribution in [3.8, 4) is 0 Å². The number of aryl methyl sites for hydroxylation is 5. The van der Waals surface area contributed by atoms with Crippen LogP contribution in [-0.4, -0.2) is 160 Å². The van der Waals surface area contributed by atoms with Crippen LogP contribution in [0.25, 0.3) is 0 Å². The number of hydrogen-bond acceptors (Lipinski definition) is 25. The maximum atomic E-state index is 16.0. The number of Topliss-reactive ketones (excluding diaryl/α,β-unsaturated/α-hetero) is 3. The van der Waals surface area contributed by atoms with Gasteiger partial charge in [0.2, 0.25) is 17.2 Å². The lowest BCUT2D eigenvalue weighted by Gasteiger charge is -2.37. The van der Waals surface area contributed by atoms with Crippen molar-refractivity contribution < 1.29 is 99.1 Å². The number of esters is 1. The summed E-state index contributed by atoms with van der Waals surface area (Å²) in [6.07, 6.45) is 0. The molecule has 25 nitrogen and oxygen atoms in total. The number of nitrogens with zero attached hydrogens (tertiary/aromatic N) is 5. The predicted octanol–water partition coefficient (Wildman–Crippen LogP) is 12.4. The summed E-state index contributed by atoms with van der Waals surface area (Å²) in [6, 6.07) is 67.7. The third kappa shape index (κ3) is 21.0. The highest BCUT2D eigenvalue weighted by molar-refractivity contribution is 9.10. The van der Waals surface area contributed by atoms with E-state index in [2.05, 4.69) is 41.7 Å². The monoisotopic (exact) mass is 1780 g/mol. The van der Waals surface area contributed by atoms with E-state index in [0.29, 0.717) is 41.3 Å². The van der Waals surface area contributed by atoms with Gasteiger partial charge in [0.05, 0.1) is 60.6 Å². The molecule has 9 aromatic carbocycles. The first-order valence-corrected chi connectivity index (χ1v) is 43.8. The average molecular weight is 1780 g/mol. The van der Waals surface area contributed by atoms with E-state index >= 15 is 4.39 Å². The molecule has 14 rings (SSSR count). The quantitative estimate of drug-likeness (QED) is 0.0349. The van der Waals surface area contributed by atoms with Gasteiger partial charge in [-0.2, -0.15) is 0 Å². The van der Waals surface area contributed by atoms with E-state index in [1.807, 2.05) is 126 Å². The minimum Gasteiger partial charge on any atom is -0.461 e. The second kappa shape index (κ2) is 38.4. The molecule has 0 radical (unpaired) electrons. The van der Waals surface area contributed by atoms with Crippen molar-refractivity contribution in [2.45, 2.75) is 168 Å². The molecule has 5 aliphatic rings. The second-order valence-electron chi connectivity index (χ2n) is 28.7. The van der Waals surface area contributed by atoms with E-state index < -0.39 is 138 Å². The number of alkyl halides is 1. The van der Waals surface area contributed by atoms with E-state index in [9.17, 15) is 65.8 Å². The fourth-order valence-electron chi connectivity index (χ4n) is 12.4. The maximum absolute atomic E-state index is 16.0. The summed E-state index contributed by atoms with van der Waals surface area (Å²) in [5, 5.41) is 65.9. The number of carbonyl (C=O) groups is 4. The zero-order valence-electron chi connectivity index (χ0n) is 66.5. The van der Waals surface area contributed by atoms with Gasteiger partial charge < -0.3 is 54.5 Å². The number of halogens is 2. The molecule has 5 aliphatic heterocycles. The van der Waals surface area contributed by atoms with Crippen LogP contribution in [0.4, 0.5) is 4.39 Å². The Morgan fingerprint density at radius 2 is 0.697 bits per heavy atom. The molecular formula is C87H87BrFN5O20S5. The summed E-state index contributed by atoms with van der Waals surface area (Å²) in [7, 11) is -8.53. The first kappa shape index (κ1) is 91.1. The predicted molar refractivity (Wildman–Crippen MR) is 454 cm³/mol. The van der Waals surface area contributed by atoms with Crippen LogP contribution in [0.2, 0.25) is 0 Å². The molecule has 0 aromatic heterocycles. The van der Waals surface area contributed by atoms with Gasteiger partial charge in [-0.25, -0.2) is 9.18 Å². The van der Waals surface area contributed by atoms with E-state index in [1.54, 1.807) is 140 Å². The fourth-order valence-corrected chi connectivity index (χ4v) is 20.2. The number of hydrogen-bond donors (Lipinski definition) is 5. The Hall–Kier alpha value is -10.2. The van der Waals surface area contributed by atoms with Crippen LogP contribution in [0.3, 0.4) is 0 Å². The zero-order valence-corrected chi connectivity index (χ0v) is 72.2. The van der Waals surface area contributed by atoms with Gasteiger partial charge in [0.1, 0.15) is 11.4 Å². The highest BCUT2D eigenvalue weighted by Gasteiger charge is 2.66. The molecule has 0 saturated carbocycles. The molecule has 119 heavy (non-hydrogen) atoms. The summed E-state index contributed by atoms with van der Waals surface area (Å²) >= 11 is 3.31. The fraction of sp³-hybridized carbons (Fsp3) is 0.276. The zero-order chi connectivity index (χ0) is 86.7. The number of rotatable bonds is 20. The molecule has 10 unspecified atom stereocenters. The van der Waals surface area contributed by atoms with Crippen LogP contribution in [-0.2, 0) is 98.2 Å². The van der Waals surface area contributed by atoms with Gasteiger partial charge >= 0.3 is 5.97 Å². The standard InChI is InChI=1S/C21H22FNO5S.C18H16BrNO4S.C18H17NO4S.C17H17NO3S.C13H15NO4S/c1-4-27-19(24)17-18(29(26)16-12-10-14(2)11-13-16)21(25,28-23-17)20(3,22)15-8-6-5-7-9-15;1-11-3-9-14(10-4-11)25(23)17-15(20-24-18(17,2)22)16(21)12-5-7-13(19)8-6-12;1-12-8-10-14(11-9-12)24(22)17-15(19-23-18(17,2)21)16(20)13-6-4-3-5-7-13;1-12-8-10-14(11-9-12)22(20)16-15(18-21-17(16,2)19)13-6-4-3-5-7-13;1-8-4-6-10(7-5-8)19(17)12-11(9(2)15)14-18-13(12,3)16/h5-13,18,25H,4H2,1-3H3;3-10,17,22H,1-2H3;3-11,17,21H,1-2H3;3-11,16,19H,1-2H3;4-7,12,16H,1-3H3/t18?,20-,21?,29-;17?,18?,25-;17?,18?,24-;16?,17?,22-;12?,13?,19-/m00000/s1. The third-order valence-corrected chi connectivity index (χ3v) is 28.5. The Morgan fingerprint density at radius 1 is 0.403 bits per heavy atom. The summed E-state index contributed by atoms with van der Waals surface area (Å²) in [6.45, 7) is 19.2. The second-order valence-corrected chi connectivity index (χ2v) is 37.4. The number of ether oxygens (including phenoxy) is 1. The minimum atomic E-state index is -2.69. The van der Waals surface area contributed by atoms with E-state index in [4.69, 9.17) is 28.9 Å². The lowest BCUT2D eigenvalue weighted by molar-refractivity contribution is -0.260. The molecule has 5 N–H and O–H groups in total. The molecule has 9 aromatic rings. The topological polar surface area (TPSA) is 372 Å². The molecule has 0 saturated heterocycles. The van der Waals surface area contributed by atoms with Gasteiger partial charge in [-0.15, -0.1) is 0 Å². The van der Waals surface area contributed by atoms with Crippen LogP contribution in [0.5, 0.6) is 0 Å². The summed E-state index contributed by atoms with van der Waals surface area (Å²) in [4.78, 5) is 76.9. The van der Waals surface area contributed by atoms with Crippen LogP contribution < -0.4 is 0 Å². The van der Waals surface area contributed by atoms with Crippen molar-refractivity contribution in [2.75, 3.05) is 6.61 Å². The molecule has 16 atom stereocenters. The average Bonchev–Trinajstić information content (AvgIpc) is 1.60. The van der Waals surface area contributed by atoms with E-state index in [0.717, 1.165) is 44.8 Å². The van der Waals surface area contributed by atoms with E-state index in [1.165, 1.54) is 46.8 Å². The molecule has 624 valence electrons. The van der Waals surface area contributed by atoms with Crippen molar-refractivity contribution in [3.63, 3.8) is 0 Å². The Balaban J connectivity index is 0.000000157. The summed E-state index contributed by atoms with van der Waals surface area (Å²) in [5.74, 6) is -11.8. The van der Waals surface area contributed by atoms with Gasteiger partial charge in [-0.1, -0.05) is 221 Å². The van der Waals surface area contributed by atoms with Gasteiger partial charge in [0.25, 0.3) is 28.9 Å². The highest BCUT2D eigenvalue weighted by atomic mass is 79.9. The largest absolute Gasteiger partial charge is 0.461 e. The Kier molecular flexibility index (Phi) is 29.4. The Labute approximate surface area is 707 Å². The van der Waals surface area contributed by atoms with Gasteiger partial charge in [-0.05, 0) is 139 Å². The third-order valence-electron chi connectivity index (χ3n) is 19.0. The van der Waals surface area contributed by atoms with Crippen molar-refractivity contribution in [2.24, 2.45) is 25.8 Å². The number of carbonyl (C=O) groups excluding carboxylic acids is 4. The number of ketones is 3. The lowest BCUT2D eigenvalue weighted by atomic mass is 9.85. The Morgan fingerprint density at radius 3 is 1.06 bits per heavy atom. The first-order chi connectivity index (χ1) is 56.2. The smallest absolute Gasteiger partial charge is 0.357 e. The molecule has 5 heterocycles. The van der Waals surface area contributed by atoms with Gasteiger partial charge in [-0.3, -0.25) is 35.4 Å². The molecular weight excluding hydrogens is 1690 g/mol. The molecule has 0 amide bonds. The van der Waals surface area contributed by atoms with Crippen LogP contribution in [0.15, 0.2) is 291 Å². The first-order valence-electron chi connectivity index (χ1n) is 36.9. The van der Waals surface area contributed by atoms with Crippen molar-refractivity contribution >= 4 is 122 Å². The highest BCUT2D eigenvalue weighted by Crippen LogP contribution is 2.46.